The summed E-state index contributed by atoms with van der Waals surface area (Å²) in [6.07, 6.45) is 2.66. The minimum absolute atomic E-state index is 0.616. The Bertz CT molecular complexity index is 614. The Labute approximate surface area is 145 Å². The molecule has 128 valence electrons. The van der Waals surface area contributed by atoms with Crippen LogP contribution in [-0.2, 0) is 13.2 Å². The fourth-order valence-corrected chi connectivity index (χ4v) is 3.41. The first kappa shape index (κ1) is 17.0. The van der Waals surface area contributed by atoms with E-state index in [0.29, 0.717) is 12.6 Å². The number of likely N-dealkylation sites (tertiary alicyclic amines) is 1. The zero-order chi connectivity index (χ0) is 16.6. The van der Waals surface area contributed by atoms with E-state index in [0.717, 1.165) is 25.4 Å². The van der Waals surface area contributed by atoms with Gasteiger partial charge in [-0.2, -0.15) is 0 Å². The Kier molecular flexibility index (Phi) is 6.27. The Morgan fingerprint density at radius 2 is 1.92 bits per heavy atom. The van der Waals surface area contributed by atoms with Crippen LogP contribution in [-0.4, -0.2) is 30.6 Å². The van der Waals surface area contributed by atoms with Crippen LogP contribution in [0.1, 0.15) is 30.9 Å². The number of rotatable bonds is 8. The highest BCUT2D eigenvalue weighted by atomic mass is 16.5. The summed E-state index contributed by atoms with van der Waals surface area (Å²) in [6.45, 7) is 7.26. The van der Waals surface area contributed by atoms with Gasteiger partial charge in [0.05, 0.1) is 0 Å². The van der Waals surface area contributed by atoms with Gasteiger partial charge in [0.2, 0.25) is 0 Å². The van der Waals surface area contributed by atoms with Crippen molar-refractivity contribution in [3.63, 3.8) is 0 Å². The van der Waals surface area contributed by atoms with Crippen LogP contribution in [0, 0.1) is 0 Å². The first-order valence-electron chi connectivity index (χ1n) is 9.05. The van der Waals surface area contributed by atoms with Crippen molar-refractivity contribution in [3.05, 3.63) is 65.7 Å². The second-order valence-corrected chi connectivity index (χ2v) is 6.48. The fourth-order valence-electron chi connectivity index (χ4n) is 3.41. The van der Waals surface area contributed by atoms with Gasteiger partial charge in [0, 0.05) is 19.1 Å². The minimum atomic E-state index is 0.616. The number of likely N-dealkylation sites (N-methyl/N-ethyl adjacent to an activating group) is 1. The molecular weight excluding hydrogens is 296 g/mol. The standard InChI is InChI=1S/C21H28N2O/c1-2-23-13-7-11-20(23)16-22-15-19-10-6-12-21(14-19)24-17-18-8-4-3-5-9-18/h3-6,8-10,12,14,20,22H,2,7,11,13,15-17H2,1H3/t20-/m0/s1. The lowest BCUT2D eigenvalue weighted by atomic mass is 10.2. The molecule has 1 saturated heterocycles. The molecule has 3 nitrogen and oxygen atoms in total. The molecule has 0 aromatic heterocycles. The number of nitrogens with zero attached hydrogens (tertiary/aromatic N) is 1. The zero-order valence-electron chi connectivity index (χ0n) is 14.6. The van der Waals surface area contributed by atoms with Gasteiger partial charge < -0.3 is 10.1 Å². The van der Waals surface area contributed by atoms with Crippen molar-refractivity contribution >= 4 is 0 Å². The Balaban J connectivity index is 1.46. The molecule has 0 unspecified atom stereocenters. The molecule has 3 heteroatoms. The Morgan fingerprint density at radius 3 is 2.75 bits per heavy atom. The average molecular weight is 324 g/mol. The third-order valence-corrected chi connectivity index (χ3v) is 4.76. The SMILES string of the molecule is CCN1CCC[C@H]1CNCc1cccc(OCc2ccccc2)c1. The van der Waals surface area contributed by atoms with Crippen molar-refractivity contribution in [3.8, 4) is 5.75 Å². The summed E-state index contributed by atoms with van der Waals surface area (Å²) in [5.74, 6) is 0.939. The van der Waals surface area contributed by atoms with Crippen LogP contribution < -0.4 is 10.1 Å². The van der Waals surface area contributed by atoms with Crippen molar-refractivity contribution in [2.45, 2.75) is 39.0 Å². The third kappa shape index (κ3) is 4.83. The van der Waals surface area contributed by atoms with Crippen LogP contribution in [0.3, 0.4) is 0 Å². The summed E-state index contributed by atoms with van der Waals surface area (Å²) in [6, 6.07) is 19.4. The molecule has 1 aliphatic rings. The highest BCUT2D eigenvalue weighted by molar-refractivity contribution is 5.29. The van der Waals surface area contributed by atoms with E-state index in [1.807, 2.05) is 24.3 Å². The van der Waals surface area contributed by atoms with E-state index < -0.39 is 0 Å². The lowest BCUT2D eigenvalue weighted by Gasteiger charge is -2.23. The van der Waals surface area contributed by atoms with Crippen LogP contribution >= 0.6 is 0 Å². The maximum absolute atomic E-state index is 5.91. The molecule has 0 saturated carbocycles. The van der Waals surface area contributed by atoms with Gasteiger partial charge in [-0.1, -0.05) is 49.4 Å². The smallest absolute Gasteiger partial charge is 0.120 e. The summed E-state index contributed by atoms with van der Waals surface area (Å²) < 4.78 is 5.91. The molecule has 3 rings (SSSR count). The summed E-state index contributed by atoms with van der Waals surface area (Å²) in [5, 5.41) is 3.61. The molecule has 0 spiro atoms. The van der Waals surface area contributed by atoms with Gasteiger partial charge in [-0.05, 0) is 49.2 Å². The molecule has 0 amide bonds. The summed E-state index contributed by atoms with van der Waals surface area (Å²) in [5.41, 5.74) is 2.48. The molecule has 1 N–H and O–H groups in total. The lowest BCUT2D eigenvalue weighted by molar-refractivity contribution is 0.260. The van der Waals surface area contributed by atoms with Gasteiger partial charge >= 0.3 is 0 Å². The monoisotopic (exact) mass is 324 g/mol. The van der Waals surface area contributed by atoms with E-state index in [-0.39, 0.29) is 0 Å². The van der Waals surface area contributed by atoms with Gasteiger partial charge in [0.25, 0.3) is 0 Å². The van der Waals surface area contributed by atoms with E-state index in [4.69, 9.17) is 4.74 Å². The zero-order valence-corrected chi connectivity index (χ0v) is 14.6. The molecule has 2 aromatic carbocycles. The van der Waals surface area contributed by atoms with Gasteiger partial charge in [0.1, 0.15) is 12.4 Å². The van der Waals surface area contributed by atoms with Crippen molar-refractivity contribution in [2.24, 2.45) is 0 Å². The largest absolute Gasteiger partial charge is 0.489 e. The first-order valence-corrected chi connectivity index (χ1v) is 9.05. The summed E-state index contributed by atoms with van der Waals surface area (Å²) in [7, 11) is 0. The number of hydrogen-bond donors (Lipinski definition) is 1. The predicted molar refractivity (Wildman–Crippen MR) is 99.2 cm³/mol. The van der Waals surface area contributed by atoms with Crippen molar-refractivity contribution < 1.29 is 4.74 Å². The molecule has 1 heterocycles. The maximum atomic E-state index is 5.91. The third-order valence-electron chi connectivity index (χ3n) is 4.76. The van der Waals surface area contributed by atoms with E-state index in [1.165, 1.54) is 30.5 Å². The van der Waals surface area contributed by atoms with E-state index in [2.05, 4.69) is 47.5 Å². The molecule has 0 aliphatic carbocycles. The van der Waals surface area contributed by atoms with Crippen molar-refractivity contribution in [1.29, 1.82) is 0 Å². The summed E-state index contributed by atoms with van der Waals surface area (Å²) in [4.78, 5) is 2.58. The summed E-state index contributed by atoms with van der Waals surface area (Å²) >= 11 is 0. The molecule has 1 fully saturated rings. The van der Waals surface area contributed by atoms with Gasteiger partial charge in [0.15, 0.2) is 0 Å². The second-order valence-electron chi connectivity index (χ2n) is 6.48. The number of benzene rings is 2. The highest BCUT2D eigenvalue weighted by Gasteiger charge is 2.21. The van der Waals surface area contributed by atoms with Gasteiger partial charge in [-0.15, -0.1) is 0 Å². The fraction of sp³-hybridized carbons (Fsp3) is 0.429. The number of nitrogens with one attached hydrogen (secondary N) is 1. The molecule has 24 heavy (non-hydrogen) atoms. The van der Waals surface area contributed by atoms with E-state index >= 15 is 0 Å². The van der Waals surface area contributed by atoms with E-state index in [9.17, 15) is 0 Å². The highest BCUT2D eigenvalue weighted by Crippen LogP contribution is 2.17. The molecule has 2 aromatic rings. The quantitative estimate of drug-likeness (QED) is 0.798. The van der Waals surface area contributed by atoms with Gasteiger partial charge in [-0.3, -0.25) is 4.90 Å². The normalized spacial score (nSPS) is 18.0. The molecular formula is C21H28N2O. The number of hydrogen-bond acceptors (Lipinski definition) is 3. The van der Waals surface area contributed by atoms with Gasteiger partial charge in [-0.25, -0.2) is 0 Å². The Hall–Kier alpha value is -1.84. The first-order chi connectivity index (χ1) is 11.8. The molecule has 1 atom stereocenters. The Morgan fingerprint density at radius 1 is 1.08 bits per heavy atom. The van der Waals surface area contributed by atoms with Crippen LogP contribution in [0.25, 0.3) is 0 Å². The van der Waals surface area contributed by atoms with Crippen molar-refractivity contribution in [2.75, 3.05) is 19.6 Å². The molecule has 1 aliphatic heterocycles. The van der Waals surface area contributed by atoms with Crippen LogP contribution in [0.4, 0.5) is 0 Å². The van der Waals surface area contributed by atoms with Crippen molar-refractivity contribution in [1.82, 2.24) is 10.2 Å². The van der Waals surface area contributed by atoms with Crippen LogP contribution in [0.15, 0.2) is 54.6 Å². The second kappa shape index (κ2) is 8.86. The lowest BCUT2D eigenvalue weighted by Crippen LogP contribution is -2.37. The topological polar surface area (TPSA) is 24.5 Å². The average Bonchev–Trinajstić information content (AvgIpc) is 3.09. The molecule has 0 bridgehead atoms. The molecule has 0 radical (unpaired) electrons. The predicted octanol–water partition coefficient (Wildman–Crippen LogP) is 3.84. The number of ether oxygens (including phenoxy) is 1. The van der Waals surface area contributed by atoms with Crippen LogP contribution in [0.2, 0.25) is 0 Å². The van der Waals surface area contributed by atoms with Crippen LogP contribution in [0.5, 0.6) is 5.75 Å². The van der Waals surface area contributed by atoms with E-state index in [1.54, 1.807) is 0 Å². The minimum Gasteiger partial charge on any atom is -0.489 e. The maximum Gasteiger partial charge on any atom is 0.120 e.